The molecule has 60 valence electrons. The summed E-state index contributed by atoms with van der Waals surface area (Å²) in [7, 11) is 0. The number of benzene rings is 1. The molecule has 2 N–H and O–H groups in total. The van der Waals surface area contributed by atoms with Crippen molar-refractivity contribution >= 4 is 5.97 Å². The number of aliphatic carboxylic acids is 1. The Hall–Kier alpha value is -0.887. The molecule has 4 heteroatoms. The van der Waals surface area contributed by atoms with Crippen LogP contribution in [0.3, 0.4) is 0 Å². The number of rotatable bonds is 2. The first-order chi connectivity index (χ1) is 5.18. The van der Waals surface area contributed by atoms with Crippen LogP contribution in [0.4, 0.5) is 0 Å². The Balaban J connectivity index is 0.00000121. The van der Waals surface area contributed by atoms with Crippen LogP contribution in [-0.2, 0) is 30.7 Å². The minimum absolute atomic E-state index is 0. The summed E-state index contributed by atoms with van der Waals surface area (Å²) in [6.45, 7) is 0. The van der Waals surface area contributed by atoms with Crippen LogP contribution in [0.25, 0.3) is 0 Å². The van der Waals surface area contributed by atoms with Crippen molar-refractivity contribution in [1.82, 2.24) is 0 Å². The SMILES string of the molecule is O=C(O)Cc1ccc(O)cc1.[Zn]. The molecule has 0 saturated carbocycles. The number of carbonyl (C=O) groups is 1. The molecule has 3 nitrogen and oxygen atoms in total. The number of aromatic hydroxyl groups is 1. The first kappa shape index (κ1) is 11.1. The van der Waals surface area contributed by atoms with E-state index in [2.05, 4.69) is 0 Å². The minimum atomic E-state index is -0.865. The van der Waals surface area contributed by atoms with Gasteiger partial charge in [0, 0.05) is 19.5 Å². The predicted octanol–water partition coefficient (Wildman–Crippen LogP) is 1.02. The first-order valence-electron chi connectivity index (χ1n) is 3.18. The molecular weight excluding hydrogens is 209 g/mol. The van der Waals surface area contributed by atoms with Gasteiger partial charge < -0.3 is 10.2 Å². The van der Waals surface area contributed by atoms with Crippen LogP contribution in [0, 0.1) is 0 Å². The van der Waals surface area contributed by atoms with Gasteiger partial charge in [-0.15, -0.1) is 0 Å². The molecule has 0 aliphatic carbocycles. The summed E-state index contributed by atoms with van der Waals surface area (Å²) in [6, 6.07) is 6.11. The normalized spacial score (nSPS) is 8.67. The van der Waals surface area contributed by atoms with E-state index in [1.165, 1.54) is 12.1 Å². The molecule has 1 aromatic rings. The molecule has 0 spiro atoms. The van der Waals surface area contributed by atoms with Crippen LogP contribution in [0.1, 0.15) is 5.56 Å². The minimum Gasteiger partial charge on any atom is -0.508 e. The zero-order valence-electron chi connectivity index (χ0n) is 6.53. The van der Waals surface area contributed by atoms with Crippen LogP contribution in [0.2, 0.25) is 0 Å². The molecule has 0 fully saturated rings. The Labute approximate surface area is 82.8 Å². The van der Waals surface area contributed by atoms with E-state index in [0.29, 0.717) is 5.56 Å². The van der Waals surface area contributed by atoms with Crippen molar-refractivity contribution in [3.05, 3.63) is 29.8 Å². The van der Waals surface area contributed by atoms with E-state index in [9.17, 15) is 4.79 Å². The number of hydrogen-bond donors (Lipinski definition) is 2. The van der Waals surface area contributed by atoms with Crippen molar-refractivity contribution in [3.63, 3.8) is 0 Å². The van der Waals surface area contributed by atoms with Crippen molar-refractivity contribution in [2.45, 2.75) is 6.42 Å². The number of hydrogen-bond acceptors (Lipinski definition) is 2. The van der Waals surface area contributed by atoms with Crippen LogP contribution in [0.15, 0.2) is 24.3 Å². The standard InChI is InChI=1S/C8H8O3.Zn/c9-7-3-1-6(2-4-7)5-8(10)11;/h1-4,9H,5H2,(H,10,11);. The zero-order chi connectivity index (χ0) is 8.27. The Kier molecular flexibility index (Phi) is 4.52. The summed E-state index contributed by atoms with van der Waals surface area (Å²) in [5, 5.41) is 17.2. The monoisotopic (exact) mass is 216 g/mol. The summed E-state index contributed by atoms with van der Waals surface area (Å²) in [5.41, 5.74) is 0.690. The maximum Gasteiger partial charge on any atom is 0.307 e. The summed E-state index contributed by atoms with van der Waals surface area (Å²) >= 11 is 0. The van der Waals surface area contributed by atoms with Crippen molar-refractivity contribution in [3.8, 4) is 5.75 Å². The number of carboxylic acids is 1. The topological polar surface area (TPSA) is 57.5 Å². The van der Waals surface area contributed by atoms with E-state index in [1.807, 2.05) is 0 Å². The van der Waals surface area contributed by atoms with Crippen molar-refractivity contribution in [2.24, 2.45) is 0 Å². The maximum atomic E-state index is 10.2. The van der Waals surface area contributed by atoms with Gasteiger partial charge in [-0.3, -0.25) is 4.79 Å². The smallest absolute Gasteiger partial charge is 0.307 e. The Morgan fingerprint density at radius 3 is 2.17 bits per heavy atom. The first-order valence-corrected chi connectivity index (χ1v) is 3.18. The summed E-state index contributed by atoms with van der Waals surface area (Å²) in [4.78, 5) is 10.2. The van der Waals surface area contributed by atoms with E-state index >= 15 is 0 Å². The van der Waals surface area contributed by atoms with Gasteiger partial charge in [0.2, 0.25) is 0 Å². The van der Waals surface area contributed by atoms with Crippen molar-refractivity contribution < 1.29 is 34.5 Å². The van der Waals surface area contributed by atoms with Gasteiger partial charge in [-0.25, -0.2) is 0 Å². The third-order valence-corrected chi connectivity index (χ3v) is 1.29. The molecule has 0 unspecified atom stereocenters. The van der Waals surface area contributed by atoms with Gasteiger partial charge in [-0.2, -0.15) is 0 Å². The Morgan fingerprint density at radius 2 is 1.75 bits per heavy atom. The number of phenols is 1. The van der Waals surface area contributed by atoms with E-state index in [4.69, 9.17) is 10.2 Å². The quantitative estimate of drug-likeness (QED) is 0.727. The molecule has 12 heavy (non-hydrogen) atoms. The number of carboxylic acid groups (broad SMARTS) is 1. The molecule has 0 heterocycles. The fourth-order valence-corrected chi connectivity index (χ4v) is 0.788. The summed E-state index contributed by atoms with van der Waals surface area (Å²) < 4.78 is 0. The average molecular weight is 218 g/mol. The van der Waals surface area contributed by atoms with Gasteiger partial charge in [-0.05, 0) is 17.7 Å². The molecule has 0 saturated heterocycles. The van der Waals surface area contributed by atoms with E-state index in [1.54, 1.807) is 12.1 Å². The van der Waals surface area contributed by atoms with Crippen molar-refractivity contribution in [1.29, 1.82) is 0 Å². The van der Waals surface area contributed by atoms with Crippen LogP contribution < -0.4 is 0 Å². The van der Waals surface area contributed by atoms with Crippen molar-refractivity contribution in [2.75, 3.05) is 0 Å². The van der Waals surface area contributed by atoms with Gasteiger partial charge >= 0.3 is 5.97 Å². The largest absolute Gasteiger partial charge is 0.508 e. The number of phenolic OH excluding ortho intramolecular Hbond substituents is 1. The second kappa shape index (κ2) is 4.88. The van der Waals surface area contributed by atoms with Crippen LogP contribution >= 0.6 is 0 Å². The second-order valence-corrected chi connectivity index (χ2v) is 2.24. The van der Waals surface area contributed by atoms with Gasteiger partial charge in [0.05, 0.1) is 6.42 Å². The van der Waals surface area contributed by atoms with Crippen LogP contribution in [0.5, 0.6) is 5.75 Å². The molecule has 0 aromatic heterocycles. The van der Waals surface area contributed by atoms with Gasteiger partial charge in [-0.1, -0.05) is 12.1 Å². The Morgan fingerprint density at radius 1 is 1.25 bits per heavy atom. The van der Waals surface area contributed by atoms with E-state index < -0.39 is 5.97 Å². The van der Waals surface area contributed by atoms with Crippen LogP contribution in [-0.4, -0.2) is 16.2 Å². The molecule has 0 radical (unpaired) electrons. The summed E-state index contributed by atoms with van der Waals surface area (Å²) in [5.74, 6) is -0.713. The molecule has 1 rings (SSSR count). The molecule has 0 atom stereocenters. The summed E-state index contributed by atoms with van der Waals surface area (Å²) in [6.07, 6.45) is 0.000278. The maximum absolute atomic E-state index is 10.2. The molecule has 0 aliphatic heterocycles. The van der Waals surface area contributed by atoms with E-state index in [-0.39, 0.29) is 31.6 Å². The third kappa shape index (κ3) is 3.49. The zero-order valence-corrected chi connectivity index (χ0v) is 9.49. The van der Waals surface area contributed by atoms with Gasteiger partial charge in [0.1, 0.15) is 5.75 Å². The van der Waals surface area contributed by atoms with Gasteiger partial charge in [0.25, 0.3) is 0 Å². The molecular formula is C8H8O3Zn. The fraction of sp³-hybridized carbons (Fsp3) is 0.125. The Bertz CT molecular complexity index is 256. The van der Waals surface area contributed by atoms with Gasteiger partial charge in [0.15, 0.2) is 0 Å². The third-order valence-electron chi connectivity index (χ3n) is 1.29. The predicted molar refractivity (Wildman–Crippen MR) is 39.4 cm³/mol. The molecule has 0 aliphatic rings. The molecule has 1 aromatic carbocycles. The van der Waals surface area contributed by atoms with E-state index in [0.717, 1.165) is 0 Å². The molecule has 0 bridgehead atoms. The average Bonchev–Trinajstić information content (AvgIpc) is 1.93. The molecule has 0 amide bonds. The second-order valence-electron chi connectivity index (χ2n) is 2.24. The fourth-order valence-electron chi connectivity index (χ4n) is 0.788.